The molecule has 25 heavy (non-hydrogen) atoms. The maximum atomic E-state index is 14.3. The van der Waals surface area contributed by atoms with Crippen LogP contribution in [-0.2, 0) is 14.0 Å². The zero-order chi connectivity index (χ0) is 18.2. The molecule has 1 unspecified atom stereocenters. The molecule has 0 radical (unpaired) electrons. The summed E-state index contributed by atoms with van der Waals surface area (Å²) in [5, 5.41) is 0. The summed E-state index contributed by atoms with van der Waals surface area (Å²) in [4.78, 5) is 12.0. The molecule has 136 valence electrons. The van der Waals surface area contributed by atoms with Crippen LogP contribution in [0.2, 0.25) is 0 Å². The fourth-order valence-corrected chi connectivity index (χ4v) is 4.94. The monoisotopic (exact) mass is 369 g/mol. The van der Waals surface area contributed by atoms with Gasteiger partial charge in [0, 0.05) is 12.2 Å². The highest BCUT2D eigenvalue weighted by Crippen LogP contribution is 2.44. The highest BCUT2D eigenvalue weighted by Gasteiger charge is 2.32. The molecule has 0 amide bonds. The van der Waals surface area contributed by atoms with Gasteiger partial charge in [-0.05, 0) is 12.6 Å². The van der Waals surface area contributed by atoms with Crippen LogP contribution in [0.4, 0.5) is 10.2 Å². The number of nitrogens with two attached hydrogens (primary N) is 1. The Labute approximate surface area is 144 Å². The minimum absolute atomic E-state index is 0.0339. The molecular weight excluding hydrogens is 348 g/mol. The highest BCUT2D eigenvalue weighted by atomic mass is 31.2. The lowest BCUT2D eigenvalue weighted by molar-refractivity contribution is -0.128. The minimum Gasteiger partial charge on any atom is -0.382 e. The SMILES string of the molecule is CC(C)C[P@](C)(=O)COC1C=C(F)[C@H](n2cnc3c(N)ncnc32)O1. The summed E-state index contributed by atoms with van der Waals surface area (Å²) in [6.07, 6.45) is 2.52. The lowest BCUT2D eigenvalue weighted by Crippen LogP contribution is -2.17. The van der Waals surface area contributed by atoms with E-state index in [1.54, 1.807) is 6.66 Å². The molecule has 1 aliphatic rings. The first kappa shape index (κ1) is 18.0. The number of hydrogen-bond acceptors (Lipinski definition) is 7. The van der Waals surface area contributed by atoms with Gasteiger partial charge in [0.15, 0.2) is 29.8 Å². The van der Waals surface area contributed by atoms with E-state index in [9.17, 15) is 8.96 Å². The van der Waals surface area contributed by atoms with Gasteiger partial charge in [-0.15, -0.1) is 0 Å². The van der Waals surface area contributed by atoms with Gasteiger partial charge >= 0.3 is 0 Å². The Morgan fingerprint density at radius 2 is 2.20 bits per heavy atom. The minimum atomic E-state index is -2.46. The van der Waals surface area contributed by atoms with Crippen molar-refractivity contribution in [3.8, 4) is 0 Å². The van der Waals surface area contributed by atoms with Crippen molar-refractivity contribution in [2.24, 2.45) is 5.92 Å². The summed E-state index contributed by atoms with van der Waals surface area (Å²) in [5.41, 5.74) is 6.47. The molecule has 0 aromatic carbocycles. The first-order valence-electron chi connectivity index (χ1n) is 7.89. The van der Waals surface area contributed by atoms with Crippen molar-refractivity contribution < 1.29 is 18.4 Å². The summed E-state index contributed by atoms with van der Waals surface area (Å²) in [5.74, 6) is -0.0257. The van der Waals surface area contributed by atoms with E-state index in [-0.39, 0.29) is 12.2 Å². The molecule has 2 N–H and O–H groups in total. The second-order valence-corrected chi connectivity index (χ2v) is 9.88. The van der Waals surface area contributed by atoms with Gasteiger partial charge in [-0.25, -0.2) is 19.3 Å². The number of aromatic nitrogens is 4. The van der Waals surface area contributed by atoms with Crippen LogP contribution in [0.15, 0.2) is 24.6 Å². The number of nitrogen functional groups attached to an aromatic ring is 1. The molecule has 3 rings (SSSR count). The molecule has 2 aromatic rings. The number of fused-ring (bicyclic) bond motifs is 1. The summed E-state index contributed by atoms with van der Waals surface area (Å²) >= 11 is 0. The third kappa shape index (κ3) is 3.89. The Morgan fingerprint density at radius 3 is 2.92 bits per heavy atom. The van der Waals surface area contributed by atoms with Crippen LogP contribution < -0.4 is 5.73 Å². The van der Waals surface area contributed by atoms with E-state index < -0.39 is 25.5 Å². The first-order valence-corrected chi connectivity index (χ1v) is 10.4. The molecular formula is C15H21FN5O3P. The van der Waals surface area contributed by atoms with Gasteiger partial charge in [0.1, 0.15) is 25.3 Å². The van der Waals surface area contributed by atoms with Crippen LogP contribution in [0.3, 0.4) is 0 Å². The van der Waals surface area contributed by atoms with Crippen LogP contribution in [0, 0.1) is 5.92 Å². The number of halogens is 1. The van der Waals surface area contributed by atoms with E-state index in [2.05, 4.69) is 15.0 Å². The van der Waals surface area contributed by atoms with E-state index in [1.165, 1.54) is 23.3 Å². The largest absolute Gasteiger partial charge is 0.382 e. The fraction of sp³-hybridized carbons (Fsp3) is 0.533. The van der Waals surface area contributed by atoms with E-state index in [0.29, 0.717) is 23.2 Å². The number of rotatable bonds is 6. The molecule has 8 nitrogen and oxygen atoms in total. The van der Waals surface area contributed by atoms with Crippen LogP contribution >= 0.6 is 7.14 Å². The second kappa shape index (κ2) is 6.82. The summed E-state index contributed by atoms with van der Waals surface area (Å²) in [6, 6.07) is 0. The fourth-order valence-electron chi connectivity index (χ4n) is 2.83. The van der Waals surface area contributed by atoms with Crippen molar-refractivity contribution in [3.63, 3.8) is 0 Å². The smallest absolute Gasteiger partial charge is 0.192 e. The average molecular weight is 369 g/mol. The van der Waals surface area contributed by atoms with Gasteiger partial charge in [-0.1, -0.05) is 13.8 Å². The quantitative estimate of drug-likeness (QED) is 0.781. The number of nitrogens with zero attached hydrogens (tertiary/aromatic N) is 4. The Hall–Kier alpha value is -1.83. The van der Waals surface area contributed by atoms with Crippen LogP contribution in [0.5, 0.6) is 0 Å². The lowest BCUT2D eigenvalue weighted by atomic mass is 10.3. The molecule has 3 heterocycles. The van der Waals surface area contributed by atoms with Crippen molar-refractivity contribution in [1.29, 1.82) is 0 Å². The zero-order valence-electron chi connectivity index (χ0n) is 14.3. The number of ether oxygens (including phenoxy) is 2. The molecule has 0 aliphatic carbocycles. The normalized spacial score (nSPS) is 23.2. The standard InChI is InChI=1S/C15H21FN5O3P/c1-9(2)5-25(3,22)8-23-11-4-10(16)15(24-11)21-7-20-12-13(17)18-6-19-14(12)21/h4,6-7,9,11,15H,5,8H2,1-3H3,(H2,17,18,19)/t11?,15-,25+/m1/s1. The maximum Gasteiger partial charge on any atom is 0.192 e. The van der Waals surface area contributed by atoms with Crippen LogP contribution in [0.1, 0.15) is 20.1 Å². The predicted molar refractivity (Wildman–Crippen MR) is 92.0 cm³/mol. The third-order valence-corrected chi connectivity index (χ3v) is 5.90. The average Bonchev–Trinajstić information content (AvgIpc) is 3.08. The third-order valence-electron chi connectivity index (χ3n) is 3.70. The second-order valence-electron chi connectivity index (χ2n) is 6.66. The van der Waals surface area contributed by atoms with Gasteiger partial charge < -0.3 is 19.8 Å². The Bertz CT molecular complexity index is 853. The molecule has 0 spiro atoms. The molecule has 1 aliphatic heterocycles. The predicted octanol–water partition coefficient (Wildman–Crippen LogP) is 2.74. The van der Waals surface area contributed by atoms with Crippen molar-refractivity contribution in [3.05, 3.63) is 24.6 Å². The first-order chi connectivity index (χ1) is 11.8. The Morgan fingerprint density at radius 1 is 1.44 bits per heavy atom. The van der Waals surface area contributed by atoms with Gasteiger partial charge in [0.2, 0.25) is 0 Å². The molecule has 10 heteroatoms. The van der Waals surface area contributed by atoms with Gasteiger partial charge in [0.25, 0.3) is 0 Å². The van der Waals surface area contributed by atoms with E-state index in [0.717, 1.165) is 0 Å². The molecule has 0 bridgehead atoms. The zero-order valence-corrected chi connectivity index (χ0v) is 15.2. The molecule has 3 atom stereocenters. The maximum absolute atomic E-state index is 14.3. The molecule has 2 aromatic heterocycles. The van der Waals surface area contributed by atoms with Crippen molar-refractivity contribution in [2.75, 3.05) is 24.9 Å². The number of imidazole rings is 1. The number of hydrogen-bond donors (Lipinski definition) is 1. The van der Waals surface area contributed by atoms with E-state index in [4.69, 9.17) is 15.2 Å². The van der Waals surface area contributed by atoms with E-state index >= 15 is 0 Å². The van der Waals surface area contributed by atoms with Crippen molar-refractivity contribution in [2.45, 2.75) is 26.4 Å². The number of anilines is 1. The Balaban J connectivity index is 1.71. The molecule has 0 saturated heterocycles. The van der Waals surface area contributed by atoms with Crippen LogP contribution in [0.25, 0.3) is 11.2 Å². The highest BCUT2D eigenvalue weighted by molar-refractivity contribution is 7.62. The molecule has 0 saturated carbocycles. The van der Waals surface area contributed by atoms with Gasteiger partial charge in [0.05, 0.1) is 6.33 Å². The van der Waals surface area contributed by atoms with Crippen LogP contribution in [-0.4, -0.2) is 45.0 Å². The lowest BCUT2D eigenvalue weighted by Gasteiger charge is -2.19. The van der Waals surface area contributed by atoms with E-state index in [1.807, 2.05) is 13.8 Å². The van der Waals surface area contributed by atoms with Crippen molar-refractivity contribution >= 4 is 24.1 Å². The summed E-state index contributed by atoms with van der Waals surface area (Å²) < 4.78 is 39.3. The van der Waals surface area contributed by atoms with Gasteiger partial charge in [-0.2, -0.15) is 0 Å². The van der Waals surface area contributed by atoms with Crippen molar-refractivity contribution in [1.82, 2.24) is 19.5 Å². The summed E-state index contributed by atoms with van der Waals surface area (Å²) in [7, 11) is -2.46. The summed E-state index contributed by atoms with van der Waals surface area (Å²) in [6.45, 7) is 5.67. The topological polar surface area (TPSA) is 105 Å². The Kier molecular flexibility index (Phi) is 4.90. The van der Waals surface area contributed by atoms with Gasteiger partial charge in [-0.3, -0.25) is 4.57 Å². The molecule has 0 fully saturated rings.